The molecule has 0 spiro atoms. The van der Waals surface area contributed by atoms with Crippen molar-refractivity contribution in [2.24, 2.45) is 5.92 Å². The van der Waals surface area contributed by atoms with Crippen molar-refractivity contribution >= 4 is 6.71 Å². The third kappa shape index (κ3) is 10.6. The van der Waals surface area contributed by atoms with E-state index in [0.717, 1.165) is 12.8 Å². The van der Waals surface area contributed by atoms with Crippen LogP contribution in [0.5, 0.6) is 0 Å². The largest absolute Gasteiger partial charge is 0.154 e. The molecule has 1 heterocycles. The zero-order valence-electron chi connectivity index (χ0n) is 21.0. The lowest BCUT2D eigenvalue weighted by Gasteiger charge is -2.37. The van der Waals surface area contributed by atoms with Gasteiger partial charge in [0.1, 0.15) is 0 Å². The highest BCUT2D eigenvalue weighted by atomic mass is 14.2. The van der Waals surface area contributed by atoms with Crippen molar-refractivity contribution in [3.8, 4) is 0 Å². The molecule has 1 rings (SSSR count). The Morgan fingerprint density at radius 2 is 1.07 bits per heavy atom. The molecule has 0 fully saturated rings. The Hall–Kier alpha value is -0.975. The molecule has 0 N–H and O–H groups in total. The molecule has 0 aromatic carbocycles. The molecule has 0 radical (unpaired) electrons. The molecule has 0 bridgehead atoms. The molecular weight excluding hydrogens is 347 g/mol. The third-order valence-corrected chi connectivity index (χ3v) is 7.37. The summed E-state index contributed by atoms with van der Waals surface area (Å²) >= 11 is 0. The summed E-state index contributed by atoms with van der Waals surface area (Å²) in [5, 5.41) is 0.346. The van der Waals surface area contributed by atoms with Gasteiger partial charge in [0.2, 0.25) is 0 Å². The number of hydrogen-bond donors (Lipinski definition) is 0. The Morgan fingerprint density at radius 1 is 0.655 bits per heavy atom. The summed E-state index contributed by atoms with van der Waals surface area (Å²) in [7, 11) is 0. The first-order valence-electron chi connectivity index (χ1n) is 12.3. The first-order valence-corrected chi connectivity index (χ1v) is 12.3. The summed E-state index contributed by atoms with van der Waals surface area (Å²) in [6.07, 6.45) is 22.6. The molecule has 0 unspecified atom stereocenters. The molecule has 1 aliphatic rings. The van der Waals surface area contributed by atoms with Crippen LogP contribution >= 0.6 is 0 Å². The minimum Gasteiger partial charge on any atom is -0.0853 e. The van der Waals surface area contributed by atoms with Crippen LogP contribution in [0.1, 0.15) is 107 Å². The maximum atomic E-state index is 2.50. The Kier molecular flexibility index (Phi) is 12.0. The second kappa shape index (κ2) is 13.4. The van der Waals surface area contributed by atoms with Gasteiger partial charge in [-0.05, 0) is 72.1 Å². The molecule has 0 amide bonds. The second-order valence-corrected chi connectivity index (χ2v) is 10.7. The summed E-state index contributed by atoms with van der Waals surface area (Å²) in [5.74, 6) is 0.693. The van der Waals surface area contributed by atoms with Crippen molar-refractivity contribution in [1.29, 1.82) is 0 Å². The molecule has 0 aromatic heterocycles. The zero-order valence-corrected chi connectivity index (χ0v) is 21.0. The molecule has 164 valence electrons. The molecule has 0 nitrogen and oxygen atoms in total. The quantitative estimate of drug-likeness (QED) is 0.322. The van der Waals surface area contributed by atoms with Crippen LogP contribution in [0.15, 0.2) is 46.6 Å². The van der Waals surface area contributed by atoms with Crippen molar-refractivity contribution in [2.75, 3.05) is 0 Å². The van der Waals surface area contributed by atoms with Gasteiger partial charge in [0.25, 0.3) is 0 Å². The standard InChI is InChI=1S/C28H49B/c1-23(2)28(7,8)29-21-26(5)19-17-24(3)15-13-11-9-10-12-14-16-25(4)18-20-27(6)22-29/h15-16,19-20,23H,9-14,17-18,21-22H2,1-8H3/b24-15+,25-16+,26-19+,27-20+. The van der Waals surface area contributed by atoms with E-state index in [1.807, 2.05) is 0 Å². The van der Waals surface area contributed by atoms with Gasteiger partial charge in [0.15, 0.2) is 6.71 Å². The van der Waals surface area contributed by atoms with E-state index < -0.39 is 0 Å². The van der Waals surface area contributed by atoms with E-state index in [4.69, 9.17) is 0 Å². The van der Waals surface area contributed by atoms with E-state index in [1.165, 1.54) is 62.3 Å². The molecule has 0 aliphatic carbocycles. The van der Waals surface area contributed by atoms with Crippen LogP contribution in [0.25, 0.3) is 0 Å². The van der Waals surface area contributed by atoms with Crippen LogP contribution in [0.3, 0.4) is 0 Å². The molecule has 0 atom stereocenters. The van der Waals surface area contributed by atoms with Gasteiger partial charge in [0, 0.05) is 0 Å². The van der Waals surface area contributed by atoms with Crippen LogP contribution in [-0.2, 0) is 0 Å². The lowest BCUT2D eigenvalue weighted by molar-refractivity contribution is 0.464. The summed E-state index contributed by atoms with van der Waals surface area (Å²) < 4.78 is 0. The number of rotatable bonds is 2. The molecule has 29 heavy (non-hydrogen) atoms. The lowest BCUT2D eigenvalue weighted by atomic mass is 9.27. The number of hydrogen-bond acceptors (Lipinski definition) is 0. The Bertz CT molecular complexity index is 554. The highest BCUT2D eigenvalue weighted by molar-refractivity contribution is 6.63. The summed E-state index contributed by atoms with van der Waals surface area (Å²) in [6, 6.07) is 0. The predicted molar refractivity (Wildman–Crippen MR) is 136 cm³/mol. The zero-order chi connectivity index (χ0) is 21.9. The minimum atomic E-state index is 0.346. The Labute approximate surface area is 184 Å². The third-order valence-electron chi connectivity index (χ3n) is 7.37. The predicted octanol–water partition coefficient (Wildman–Crippen LogP) is 9.84. The van der Waals surface area contributed by atoms with Gasteiger partial charge in [-0.25, -0.2) is 0 Å². The maximum absolute atomic E-state index is 2.50. The fraction of sp³-hybridized carbons (Fsp3) is 0.714. The van der Waals surface area contributed by atoms with E-state index in [1.54, 1.807) is 11.1 Å². The van der Waals surface area contributed by atoms with Crippen molar-refractivity contribution in [1.82, 2.24) is 0 Å². The SMILES string of the molecule is C/C1=C\CCCCCC/C=C(\C)C/C=C(\C)CB(C(C)(C)C(C)C)C/C(C)=C/C1. The average molecular weight is 397 g/mol. The van der Waals surface area contributed by atoms with Gasteiger partial charge in [-0.15, -0.1) is 0 Å². The maximum Gasteiger partial charge on any atom is 0.154 e. The van der Waals surface area contributed by atoms with Crippen molar-refractivity contribution < 1.29 is 0 Å². The smallest absolute Gasteiger partial charge is 0.0853 e. The Morgan fingerprint density at radius 3 is 1.45 bits per heavy atom. The first-order chi connectivity index (χ1) is 13.6. The van der Waals surface area contributed by atoms with Crippen LogP contribution in [0.4, 0.5) is 0 Å². The highest BCUT2D eigenvalue weighted by Crippen LogP contribution is 2.42. The van der Waals surface area contributed by atoms with Crippen LogP contribution in [0.2, 0.25) is 18.0 Å². The van der Waals surface area contributed by atoms with Crippen molar-refractivity contribution in [3.05, 3.63) is 46.6 Å². The van der Waals surface area contributed by atoms with Gasteiger partial charge >= 0.3 is 0 Å². The minimum absolute atomic E-state index is 0.346. The van der Waals surface area contributed by atoms with E-state index in [-0.39, 0.29) is 0 Å². The average Bonchev–Trinajstić information content (AvgIpc) is 2.65. The van der Waals surface area contributed by atoms with Crippen LogP contribution in [-0.4, -0.2) is 6.71 Å². The fourth-order valence-corrected chi connectivity index (χ4v) is 4.19. The van der Waals surface area contributed by atoms with Crippen molar-refractivity contribution in [3.63, 3.8) is 0 Å². The van der Waals surface area contributed by atoms with E-state index >= 15 is 0 Å². The highest BCUT2D eigenvalue weighted by Gasteiger charge is 2.35. The molecule has 0 saturated carbocycles. The summed E-state index contributed by atoms with van der Waals surface area (Å²) in [4.78, 5) is 0. The van der Waals surface area contributed by atoms with E-state index in [0.29, 0.717) is 17.9 Å². The van der Waals surface area contributed by atoms with Crippen LogP contribution < -0.4 is 0 Å². The Balaban J connectivity index is 3.04. The van der Waals surface area contributed by atoms with Gasteiger partial charge in [-0.2, -0.15) is 0 Å². The molecule has 1 aliphatic heterocycles. The monoisotopic (exact) mass is 396 g/mol. The van der Waals surface area contributed by atoms with Gasteiger partial charge < -0.3 is 0 Å². The molecule has 1 heteroatoms. The topological polar surface area (TPSA) is 0 Å². The van der Waals surface area contributed by atoms with Gasteiger partial charge in [-0.1, -0.05) is 105 Å². The fourth-order valence-electron chi connectivity index (χ4n) is 4.19. The second-order valence-electron chi connectivity index (χ2n) is 10.7. The lowest BCUT2D eigenvalue weighted by Crippen LogP contribution is -2.32. The summed E-state index contributed by atoms with van der Waals surface area (Å²) in [6.45, 7) is 19.8. The van der Waals surface area contributed by atoms with Crippen molar-refractivity contribution in [2.45, 2.75) is 125 Å². The van der Waals surface area contributed by atoms with Crippen LogP contribution in [0, 0.1) is 5.92 Å². The first kappa shape index (κ1) is 26.1. The van der Waals surface area contributed by atoms with E-state index in [2.05, 4.69) is 79.7 Å². The van der Waals surface area contributed by atoms with E-state index in [9.17, 15) is 0 Å². The summed E-state index contributed by atoms with van der Waals surface area (Å²) in [5.41, 5.74) is 6.21. The molecule has 0 aromatic rings. The van der Waals surface area contributed by atoms with Gasteiger partial charge in [0.05, 0.1) is 0 Å². The molecular formula is C28H49B. The molecule has 0 saturated heterocycles. The number of allylic oxidation sites excluding steroid dienone is 8. The normalized spacial score (nSPS) is 27.3. The van der Waals surface area contributed by atoms with Gasteiger partial charge in [-0.3, -0.25) is 0 Å².